The molecule has 0 aliphatic heterocycles. The largest absolute Gasteiger partial charge is 0.497 e. The van der Waals surface area contributed by atoms with Crippen molar-refractivity contribution in [3.63, 3.8) is 0 Å². The average molecular weight is 447 g/mol. The molecule has 0 heterocycles. The molecule has 0 bridgehead atoms. The molecule has 9 heteroatoms. The van der Waals surface area contributed by atoms with E-state index in [4.69, 9.17) is 32.7 Å². The molecule has 1 rings (SSSR count). The highest BCUT2D eigenvalue weighted by molar-refractivity contribution is 6.45. The summed E-state index contributed by atoms with van der Waals surface area (Å²) >= 11 is 12.0. The lowest BCUT2D eigenvalue weighted by atomic mass is 9.85. The Kier molecular flexibility index (Phi) is 11.2. The first-order chi connectivity index (χ1) is 13.6. The fourth-order valence-electron chi connectivity index (χ4n) is 3.10. The van der Waals surface area contributed by atoms with Crippen molar-refractivity contribution >= 4 is 41.9 Å². The van der Waals surface area contributed by atoms with Gasteiger partial charge < -0.3 is 24.6 Å². The molecule has 0 radical (unpaired) electrons. The van der Waals surface area contributed by atoms with Crippen molar-refractivity contribution in [2.24, 2.45) is 0 Å². The van der Waals surface area contributed by atoms with Crippen LogP contribution < -0.4 is 14.9 Å². The molecule has 0 amide bonds. The molecule has 1 atom stereocenters. The Morgan fingerprint density at radius 2 is 1.90 bits per heavy atom. The van der Waals surface area contributed by atoms with Crippen LogP contribution in [0.25, 0.3) is 0 Å². The third kappa shape index (κ3) is 9.94. The number of nitrogens with zero attached hydrogens (tertiary/aromatic N) is 1. The van der Waals surface area contributed by atoms with Crippen molar-refractivity contribution in [1.29, 1.82) is 0 Å². The van der Waals surface area contributed by atoms with Gasteiger partial charge in [0.2, 0.25) is 0 Å². The minimum Gasteiger partial charge on any atom is -0.497 e. The molecule has 0 saturated carbocycles. The first-order valence-electron chi connectivity index (χ1n) is 9.79. The number of hydrogen-bond acceptors (Lipinski definition) is 6. The third-order valence-electron chi connectivity index (χ3n) is 4.11. The maximum absolute atomic E-state index is 12.4. The summed E-state index contributed by atoms with van der Waals surface area (Å²) in [6.07, 6.45) is 0.627. The maximum atomic E-state index is 12.4. The zero-order valence-corrected chi connectivity index (χ0v) is 19.5. The number of alkyl halides is 2. The van der Waals surface area contributed by atoms with E-state index in [1.54, 1.807) is 13.9 Å². The van der Waals surface area contributed by atoms with Crippen LogP contribution in [0.15, 0.2) is 18.2 Å². The first-order valence-corrected chi connectivity index (χ1v) is 10.9. The van der Waals surface area contributed by atoms with Crippen LogP contribution in [0, 0.1) is 0 Å². The Balaban J connectivity index is 3.15. The Bertz CT molecular complexity index is 635. The van der Waals surface area contributed by atoms with Crippen molar-refractivity contribution in [3.05, 3.63) is 23.8 Å². The molecule has 0 aliphatic rings. The maximum Gasteiger partial charge on any atom is 0.373 e. The summed E-state index contributed by atoms with van der Waals surface area (Å²) in [6.45, 7) is 8.42. The summed E-state index contributed by atoms with van der Waals surface area (Å²) in [5, 5.41) is 12.9. The number of nitrogens with one attached hydrogen (secondary N) is 1. The number of ether oxygens (including phenoxy) is 2. The van der Waals surface area contributed by atoms with Gasteiger partial charge in [-0.1, -0.05) is 0 Å². The van der Waals surface area contributed by atoms with Crippen LogP contribution in [0.5, 0.6) is 5.75 Å². The monoisotopic (exact) mass is 446 g/mol. The van der Waals surface area contributed by atoms with Crippen molar-refractivity contribution in [1.82, 2.24) is 5.23 Å². The van der Waals surface area contributed by atoms with Crippen LogP contribution in [-0.4, -0.2) is 61.6 Å². The van der Waals surface area contributed by atoms with Crippen molar-refractivity contribution in [3.8, 4) is 5.75 Å². The quantitative estimate of drug-likeness (QED) is 0.291. The van der Waals surface area contributed by atoms with Crippen LogP contribution in [0.3, 0.4) is 0 Å². The molecule has 1 aromatic rings. The number of anilines is 1. The fourth-order valence-corrected chi connectivity index (χ4v) is 3.51. The smallest absolute Gasteiger partial charge is 0.373 e. The van der Waals surface area contributed by atoms with Crippen LogP contribution in [0.4, 0.5) is 5.69 Å². The van der Waals surface area contributed by atoms with Crippen molar-refractivity contribution in [2.45, 2.75) is 52.1 Å². The second kappa shape index (κ2) is 12.5. The van der Waals surface area contributed by atoms with E-state index in [9.17, 15) is 9.82 Å². The highest BCUT2D eigenvalue weighted by Gasteiger charge is 2.24. The van der Waals surface area contributed by atoms with Gasteiger partial charge in [-0.25, -0.2) is 0 Å². The van der Waals surface area contributed by atoms with E-state index < -0.39 is 12.7 Å². The summed E-state index contributed by atoms with van der Waals surface area (Å²) in [5.41, 5.74) is 1.39. The predicted molar refractivity (Wildman–Crippen MR) is 122 cm³/mol. The zero-order chi connectivity index (χ0) is 22.0. The molecule has 6 nitrogen and oxygen atoms in total. The van der Waals surface area contributed by atoms with E-state index in [1.165, 1.54) is 0 Å². The normalized spacial score (nSPS) is 12.4. The molecule has 1 aromatic carbocycles. The lowest BCUT2D eigenvalue weighted by molar-refractivity contribution is -0.155. The van der Waals surface area contributed by atoms with Gasteiger partial charge in [-0.15, -0.1) is 23.2 Å². The fraction of sp³-hybridized carbons (Fsp3) is 0.650. The van der Waals surface area contributed by atoms with Gasteiger partial charge in [0, 0.05) is 36.6 Å². The number of carbonyl (C=O) groups excluding carboxylic acids is 1. The Morgan fingerprint density at radius 3 is 2.38 bits per heavy atom. The summed E-state index contributed by atoms with van der Waals surface area (Å²) in [5.74, 6) is 1.33. The molecular formula is C20H33BCl2N2O4. The van der Waals surface area contributed by atoms with E-state index in [-0.39, 0.29) is 18.4 Å². The second-order valence-corrected chi connectivity index (χ2v) is 8.65. The van der Waals surface area contributed by atoms with Crippen LogP contribution in [0.2, 0.25) is 6.82 Å². The summed E-state index contributed by atoms with van der Waals surface area (Å²) < 4.78 is 10.8. The molecule has 29 heavy (non-hydrogen) atoms. The molecule has 0 unspecified atom stereocenters. The van der Waals surface area contributed by atoms with E-state index >= 15 is 0 Å². The molecular weight excluding hydrogens is 414 g/mol. The SMILES string of the molecule is COc1ccc(N(CCCl)CCCl)c(C[C@@H](CC(=O)OC(C)(C)C)NB(C)O)c1. The van der Waals surface area contributed by atoms with Gasteiger partial charge in [-0.2, -0.15) is 0 Å². The van der Waals surface area contributed by atoms with Gasteiger partial charge in [0.25, 0.3) is 0 Å². The van der Waals surface area contributed by atoms with Crippen LogP contribution >= 0.6 is 23.2 Å². The van der Waals surface area contributed by atoms with Gasteiger partial charge in [0.1, 0.15) is 11.4 Å². The number of methoxy groups -OCH3 is 1. The van der Waals surface area contributed by atoms with E-state index in [1.807, 2.05) is 39.0 Å². The van der Waals surface area contributed by atoms with Gasteiger partial charge >= 0.3 is 13.0 Å². The Hall–Kier alpha value is -1.15. The Morgan fingerprint density at radius 1 is 1.28 bits per heavy atom. The number of esters is 1. The highest BCUT2D eigenvalue weighted by Crippen LogP contribution is 2.28. The lowest BCUT2D eigenvalue weighted by Crippen LogP contribution is -2.43. The molecule has 0 saturated heterocycles. The van der Waals surface area contributed by atoms with Gasteiger partial charge in [-0.05, 0) is 57.8 Å². The topological polar surface area (TPSA) is 71.0 Å². The predicted octanol–water partition coefficient (Wildman–Crippen LogP) is 3.32. The summed E-state index contributed by atoms with van der Waals surface area (Å²) in [4.78, 5) is 14.5. The molecule has 0 aliphatic carbocycles. The molecule has 164 valence electrons. The molecule has 2 N–H and O–H groups in total. The van der Waals surface area contributed by atoms with Gasteiger partial charge in [-0.3, -0.25) is 4.79 Å². The number of halogens is 2. The lowest BCUT2D eigenvalue weighted by Gasteiger charge is -2.28. The first kappa shape index (κ1) is 25.9. The van der Waals surface area contributed by atoms with Crippen LogP contribution in [0.1, 0.15) is 32.8 Å². The minimum atomic E-state index is -0.765. The van der Waals surface area contributed by atoms with Crippen molar-refractivity contribution < 1.29 is 19.3 Å². The number of rotatable bonds is 12. The standard InChI is InChI=1S/C20H33BCl2N2O4/c1-20(2,3)29-19(26)14-16(24-21(4)27)12-15-13-17(28-5)6-7-18(15)25(10-8-22)11-9-23/h6-7,13,16,24,27H,8-12,14H2,1-5H3/t16-/m0/s1. The van der Waals surface area contributed by atoms with Crippen molar-refractivity contribution in [2.75, 3.05) is 36.9 Å². The third-order valence-corrected chi connectivity index (χ3v) is 4.45. The highest BCUT2D eigenvalue weighted by atomic mass is 35.5. The molecule has 0 fully saturated rings. The number of hydrogen-bond donors (Lipinski definition) is 2. The zero-order valence-electron chi connectivity index (χ0n) is 18.0. The van der Waals surface area contributed by atoms with Gasteiger partial charge in [0.15, 0.2) is 0 Å². The minimum absolute atomic E-state index is 0.129. The van der Waals surface area contributed by atoms with E-state index in [0.29, 0.717) is 37.0 Å². The second-order valence-electron chi connectivity index (χ2n) is 7.89. The number of benzene rings is 1. The number of carbonyl (C=O) groups is 1. The van der Waals surface area contributed by atoms with Gasteiger partial charge in [0.05, 0.1) is 13.5 Å². The summed E-state index contributed by atoms with van der Waals surface area (Å²) in [7, 11) is 0.846. The molecule has 0 aromatic heterocycles. The molecule has 0 spiro atoms. The Labute approximate surface area is 185 Å². The summed E-state index contributed by atoms with van der Waals surface area (Å²) in [6, 6.07) is 5.49. The van der Waals surface area contributed by atoms with Crippen LogP contribution in [-0.2, 0) is 16.0 Å². The van der Waals surface area contributed by atoms with E-state index in [0.717, 1.165) is 11.3 Å². The van der Waals surface area contributed by atoms with E-state index in [2.05, 4.69) is 10.1 Å². The average Bonchev–Trinajstić information content (AvgIpc) is 2.59.